The lowest BCUT2D eigenvalue weighted by atomic mass is 9.94. The fourth-order valence-corrected chi connectivity index (χ4v) is 4.42. The molecule has 0 saturated carbocycles. The van der Waals surface area contributed by atoms with Gasteiger partial charge in [-0.15, -0.1) is 0 Å². The van der Waals surface area contributed by atoms with Crippen LogP contribution in [0.5, 0.6) is 0 Å². The normalized spacial score (nSPS) is 18.5. The number of halogens is 3. The Morgan fingerprint density at radius 2 is 1.70 bits per heavy atom. The van der Waals surface area contributed by atoms with Gasteiger partial charge in [-0.25, -0.2) is 0 Å². The first-order valence-electron chi connectivity index (χ1n) is 11.2. The number of piperidine rings is 2. The number of hydrogen-bond acceptors (Lipinski definition) is 5. The average Bonchev–Trinajstić information content (AvgIpc) is 2.78. The Labute approximate surface area is 190 Å². The van der Waals surface area contributed by atoms with E-state index in [1.54, 1.807) is 4.90 Å². The van der Waals surface area contributed by atoms with Crippen LogP contribution in [0, 0.1) is 22.0 Å². The molecule has 0 aromatic heterocycles. The quantitative estimate of drug-likeness (QED) is 0.524. The fraction of sp³-hybridized carbons (Fsp3) is 0.636. The Morgan fingerprint density at radius 1 is 1.09 bits per heavy atom. The van der Waals surface area contributed by atoms with Crippen molar-refractivity contribution in [2.45, 2.75) is 51.7 Å². The van der Waals surface area contributed by atoms with Gasteiger partial charge in [-0.2, -0.15) is 13.2 Å². The van der Waals surface area contributed by atoms with Gasteiger partial charge >= 0.3 is 6.18 Å². The van der Waals surface area contributed by atoms with Gasteiger partial charge in [0.25, 0.3) is 5.69 Å². The second-order valence-corrected chi connectivity index (χ2v) is 8.98. The molecule has 11 heteroatoms. The standard InChI is InChI=1S/C22H29F3N4O4/c1-14(2)21(31)28-11-7-17(8-12-28)26-20(30)15-5-9-27(10-6-15)18-4-3-16(22(23,24)25)13-19(18)29(32)33/h3-4,13-15,17H,5-12H2,1-2H3,(H,26,30). The summed E-state index contributed by atoms with van der Waals surface area (Å²) in [6, 6.07) is 2.54. The van der Waals surface area contributed by atoms with Crippen LogP contribution in [0.3, 0.4) is 0 Å². The molecular formula is C22H29F3N4O4. The van der Waals surface area contributed by atoms with Gasteiger partial charge in [0.15, 0.2) is 0 Å². The topological polar surface area (TPSA) is 95.8 Å². The molecule has 0 aliphatic carbocycles. The summed E-state index contributed by atoms with van der Waals surface area (Å²) >= 11 is 0. The lowest BCUT2D eigenvalue weighted by molar-refractivity contribution is -0.384. The van der Waals surface area contributed by atoms with Crippen LogP contribution in [-0.2, 0) is 15.8 Å². The highest BCUT2D eigenvalue weighted by molar-refractivity contribution is 5.80. The summed E-state index contributed by atoms with van der Waals surface area (Å²) in [5.74, 6) is -0.276. The molecule has 2 aliphatic rings. The molecule has 33 heavy (non-hydrogen) atoms. The SMILES string of the molecule is CC(C)C(=O)N1CCC(NC(=O)C2CCN(c3ccc(C(F)(F)F)cc3[N+](=O)[O-])CC2)CC1. The number of nitrogens with zero attached hydrogens (tertiary/aromatic N) is 3. The monoisotopic (exact) mass is 470 g/mol. The number of nitro groups is 1. The molecule has 1 N–H and O–H groups in total. The van der Waals surface area contributed by atoms with Gasteiger partial charge in [0.1, 0.15) is 5.69 Å². The third kappa shape index (κ3) is 5.94. The molecule has 2 fully saturated rings. The van der Waals surface area contributed by atoms with Crippen molar-refractivity contribution in [3.05, 3.63) is 33.9 Å². The Bertz CT molecular complexity index is 890. The van der Waals surface area contributed by atoms with E-state index in [2.05, 4.69) is 5.32 Å². The van der Waals surface area contributed by atoms with Crippen LogP contribution < -0.4 is 10.2 Å². The number of anilines is 1. The summed E-state index contributed by atoms with van der Waals surface area (Å²) in [7, 11) is 0. The minimum absolute atomic E-state index is 0.00254. The molecule has 2 aliphatic heterocycles. The van der Waals surface area contributed by atoms with Gasteiger partial charge in [0, 0.05) is 50.1 Å². The highest BCUT2D eigenvalue weighted by Crippen LogP contribution is 2.37. The first kappa shape index (κ1) is 24.8. The number of alkyl halides is 3. The summed E-state index contributed by atoms with van der Waals surface area (Å²) in [5.41, 5.74) is -1.52. The van der Waals surface area contributed by atoms with Crippen molar-refractivity contribution in [3.63, 3.8) is 0 Å². The minimum Gasteiger partial charge on any atom is -0.366 e. The van der Waals surface area contributed by atoms with Crippen molar-refractivity contribution in [1.29, 1.82) is 0 Å². The first-order valence-corrected chi connectivity index (χ1v) is 11.2. The van der Waals surface area contributed by atoms with Crippen LogP contribution in [0.4, 0.5) is 24.5 Å². The molecule has 0 unspecified atom stereocenters. The van der Waals surface area contributed by atoms with Crippen molar-refractivity contribution in [1.82, 2.24) is 10.2 Å². The van der Waals surface area contributed by atoms with E-state index in [0.29, 0.717) is 57.9 Å². The molecule has 1 aromatic carbocycles. The number of benzene rings is 1. The van der Waals surface area contributed by atoms with Gasteiger partial charge in [0.2, 0.25) is 11.8 Å². The van der Waals surface area contributed by atoms with Crippen LogP contribution in [0.1, 0.15) is 45.1 Å². The molecule has 0 atom stereocenters. The second kappa shape index (κ2) is 9.96. The van der Waals surface area contributed by atoms with Gasteiger partial charge in [-0.05, 0) is 37.8 Å². The molecule has 0 radical (unpaired) electrons. The van der Waals surface area contributed by atoms with E-state index >= 15 is 0 Å². The maximum Gasteiger partial charge on any atom is 0.416 e. The van der Waals surface area contributed by atoms with Crippen molar-refractivity contribution < 1.29 is 27.7 Å². The number of likely N-dealkylation sites (tertiary alicyclic amines) is 1. The number of rotatable bonds is 5. The zero-order chi connectivity index (χ0) is 24.3. The molecule has 2 saturated heterocycles. The van der Waals surface area contributed by atoms with Crippen LogP contribution in [0.25, 0.3) is 0 Å². The summed E-state index contributed by atoms with van der Waals surface area (Å²) in [5, 5.41) is 14.4. The van der Waals surface area contributed by atoms with Crippen LogP contribution in [0.2, 0.25) is 0 Å². The maximum atomic E-state index is 12.9. The summed E-state index contributed by atoms with van der Waals surface area (Å²) < 4.78 is 38.8. The van der Waals surface area contributed by atoms with Gasteiger partial charge in [0.05, 0.1) is 10.5 Å². The van der Waals surface area contributed by atoms with Crippen LogP contribution >= 0.6 is 0 Å². The number of carbonyl (C=O) groups is 2. The van der Waals surface area contributed by atoms with Gasteiger partial charge < -0.3 is 15.1 Å². The summed E-state index contributed by atoms with van der Waals surface area (Å²) in [6.45, 7) is 5.62. The third-order valence-electron chi connectivity index (χ3n) is 6.35. The number of hydrogen-bond donors (Lipinski definition) is 1. The van der Waals surface area contributed by atoms with Crippen molar-refractivity contribution in [2.24, 2.45) is 11.8 Å². The highest BCUT2D eigenvalue weighted by atomic mass is 19.4. The third-order valence-corrected chi connectivity index (χ3v) is 6.35. The van der Waals surface area contributed by atoms with Crippen LogP contribution in [0.15, 0.2) is 18.2 Å². The lowest BCUT2D eigenvalue weighted by Crippen LogP contribution is -2.49. The molecule has 8 nitrogen and oxygen atoms in total. The second-order valence-electron chi connectivity index (χ2n) is 8.98. The molecule has 2 heterocycles. The van der Waals surface area contributed by atoms with Gasteiger partial charge in [-0.3, -0.25) is 19.7 Å². The first-order chi connectivity index (χ1) is 15.5. The Morgan fingerprint density at radius 3 is 2.21 bits per heavy atom. The van der Waals surface area contributed by atoms with E-state index in [1.165, 1.54) is 0 Å². The summed E-state index contributed by atoms with van der Waals surface area (Å²) in [4.78, 5) is 38.9. The van der Waals surface area contributed by atoms with Crippen molar-refractivity contribution >= 4 is 23.2 Å². The van der Waals surface area contributed by atoms with E-state index in [1.807, 2.05) is 18.7 Å². The van der Waals surface area contributed by atoms with E-state index in [4.69, 9.17) is 0 Å². The van der Waals surface area contributed by atoms with Gasteiger partial charge in [-0.1, -0.05) is 13.8 Å². The van der Waals surface area contributed by atoms with E-state index in [0.717, 1.165) is 12.1 Å². The lowest BCUT2D eigenvalue weighted by Gasteiger charge is -2.36. The zero-order valence-corrected chi connectivity index (χ0v) is 18.7. The number of nitro benzene ring substituents is 1. The summed E-state index contributed by atoms with van der Waals surface area (Å²) in [6.07, 6.45) is -2.36. The molecule has 2 amide bonds. The molecule has 0 bridgehead atoms. The number of amides is 2. The Hall–Kier alpha value is -2.85. The minimum atomic E-state index is -4.66. The van der Waals surface area contributed by atoms with E-state index < -0.39 is 22.4 Å². The molecule has 3 rings (SSSR count). The Kier molecular flexibility index (Phi) is 7.48. The molecule has 0 spiro atoms. The Balaban J connectivity index is 1.54. The van der Waals surface area contributed by atoms with E-state index in [9.17, 15) is 32.9 Å². The van der Waals surface area contributed by atoms with Crippen LogP contribution in [-0.4, -0.2) is 53.9 Å². The smallest absolute Gasteiger partial charge is 0.366 e. The zero-order valence-electron chi connectivity index (χ0n) is 18.7. The molecule has 182 valence electrons. The highest BCUT2D eigenvalue weighted by Gasteiger charge is 2.35. The largest absolute Gasteiger partial charge is 0.416 e. The number of carbonyl (C=O) groups excluding carboxylic acids is 2. The predicted octanol–water partition coefficient (Wildman–Crippen LogP) is 3.59. The molecular weight excluding hydrogens is 441 g/mol. The number of nitrogens with one attached hydrogen (secondary N) is 1. The maximum absolute atomic E-state index is 12.9. The van der Waals surface area contributed by atoms with E-state index in [-0.39, 0.29) is 35.4 Å². The van der Waals surface area contributed by atoms with Crippen molar-refractivity contribution in [3.8, 4) is 0 Å². The predicted molar refractivity (Wildman–Crippen MR) is 116 cm³/mol. The average molecular weight is 470 g/mol. The fourth-order valence-electron chi connectivity index (χ4n) is 4.42. The van der Waals surface area contributed by atoms with Crippen molar-refractivity contribution in [2.75, 3.05) is 31.1 Å². The molecule has 1 aromatic rings.